The topological polar surface area (TPSA) is 53.3 Å². The number of fused-ring (bicyclic) bond motifs is 3. The van der Waals surface area contributed by atoms with Crippen molar-refractivity contribution in [2.24, 2.45) is 0 Å². The Balaban J connectivity index is 1.92. The van der Waals surface area contributed by atoms with Gasteiger partial charge in [-0.2, -0.15) is 0 Å². The molecule has 5 rings (SSSR count). The van der Waals surface area contributed by atoms with Crippen LogP contribution in [0.1, 0.15) is 17.4 Å². The number of aromatic nitrogens is 2. The van der Waals surface area contributed by atoms with Crippen molar-refractivity contribution in [3.63, 3.8) is 0 Å². The summed E-state index contributed by atoms with van der Waals surface area (Å²) in [7, 11) is 1.62. The van der Waals surface area contributed by atoms with E-state index in [1.807, 2.05) is 83.4 Å². The molecule has 0 aromatic heterocycles. The number of rotatable bonds is 5. The van der Waals surface area contributed by atoms with Crippen molar-refractivity contribution in [2.45, 2.75) is 6.92 Å². The lowest BCUT2D eigenvalue weighted by Crippen LogP contribution is -2.16. The molecule has 0 N–H and O–H groups in total. The van der Waals surface area contributed by atoms with E-state index < -0.39 is 5.97 Å². The van der Waals surface area contributed by atoms with Crippen LogP contribution >= 0.6 is 11.6 Å². The van der Waals surface area contributed by atoms with Gasteiger partial charge in [-0.1, -0.05) is 41.9 Å². The number of hydrogen-bond donors (Lipinski definition) is 0. The molecule has 2 aliphatic rings. The van der Waals surface area contributed by atoms with Gasteiger partial charge in [0.15, 0.2) is 0 Å². The van der Waals surface area contributed by atoms with E-state index in [-0.39, 0.29) is 6.61 Å². The number of methoxy groups -OCH3 is 1. The van der Waals surface area contributed by atoms with Crippen molar-refractivity contribution in [1.29, 1.82) is 0 Å². The summed E-state index contributed by atoms with van der Waals surface area (Å²) in [5.74, 6) is 0.321. The summed E-state index contributed by atoms with van der Waals surface area (Å²) in [5, 5.41) is 1.50. The van der Waals surface area contributed by atoms with Crippen LogP contribution in [0.15, 0.2) is 78.9 Å². The number of nitrogens with zero attached hydrogens (tertiary/aromatic N) is 2. The molecule has 5 nitrogen and oxygen atoms in total. The van der Waals surface area contributed by atoms with E-state index in [9.17, 15) is 4.79 Å². The maximum absolute atomic E-state index is 13.2. The Morgan fingerprint density at radius 1 is 1.00 bits per heavy atom. The molecular weight excluding hydrogens is 436 g/mol. The van der Waals surface area contributed by atoms with Crippen LogP contribution in [0.4, 0.5) is 0 Å². The van der Waals surface area contributed by atoms with E-state index in [4.69, 9.17) is 26.1 Å². The number of pyridine rings is 1. The summed E-state index contributed by atoms with van der Waals surface area (Å²) in [4.78, 5) is 18.1. The first-order valence-corrected chi connectivity index (χ1v) is 11.0. The Kier molecular flexibility index (Phi) is 5.48. The highest BCUT2D eigenvalue weighted by Crippen LogP contribution is 2.42. The normalized spacial score (nSPS) is 11.1. The molecule has 0 bridgehead atoms. The zero-order valence-corrected chi connectivity index (χ0v) is 19.0. The minimum absolute atomic E-state index is 0.274. The lowest BCUT2D eigenvalue weighted by atomic mass is 9.99. The lowest BCUT2D eigenvalue weighted by molar-refractivity contribution is 0.0516. The van der Waals surface area contributed by atoms with Crippen molar-refractivity contribution in [3.8, 4) is 34.0 Å². The number of carbonyl (C=O) groups excluding carboxylic acids is 1. The largest absolute Gasteiger partial charge is 0.497 e. The summed E-state index contributed by atoms with van der Waals surface area (Å²) in [5.41, 5.74) is 5.39. The van der Waals surface area contributed by atoms with Crippen LogP contribution < -0.4 is 4.74 Å². The molecule has 0 fully saturated rings. The molecule has 0 aliphatic carbocycles. The Hall–Kier alpha value is -3.83. The SMILES string of the molecule is CCOC(=O)c1cc(-c2ccccc2)c2nc3cc(Cl)ccc3c-2n1-c1ccc(OC)cc1. The van der Waals surface area contributed by atoms with Crippen LogP contribution in [0.25, 0.3) is 39.1 Å². The van der Waals surface area contributed by atoms with E-state index >= 15 is 0 Å². The second-order valence-corrected chi connectivity index (χ2v) is 7.97. The van der Waals surface area contributed by atoms with E-state index in [2.05, 4.69) is 0 Å². The van der Waals surface area contributed by atoms with Gasteiger partial charge in [0.25, 0.3) is 0 Å². The van der Waals surface area contributed by atoms with E-state index in [0.29, 0.717) is 10.7 Å². The van der Waals surface area contributed by atoms with Gasteiger partial charge in [0.05, 0.1) is 30.6 Å². The fourth-order valence-corrected chi connectivity index (χ4v) is 4.26. The van der Waals surface area contributed by atoms with E-state index in [0.717, 1.165) is 44.9 Å². The Bertz CT molecular complexity index is 1430. The first-order chi connectivity index (χ1) is 16.1. The summed E-state index contributed by atoms with van der Waals surface area (Å²) >= 11 is 6.28. The molecule has 2 aliphatic heterocycles. The number of esters is 1. The zero-order chi connectivity index (χ0) is 22.9. The van der Waals surface area contributed by atoms with Gasteiger partial charge in [0.1, 0.15) is 11.4 Å². The highest BCUT2D eigenvalue weighted by atomic mass is 35.5. The molecule has 3 aromatic carbocycles. The molecule has 0 radical (unpaired) electrons. The maximum atomic E-state index is 13.2. The average Bonchev–Trinajstić information content (AvgIpc) is 3.22. The summed E-state index contributed by atoms with van der Waals surface area (Å²) in [6.07, 6.45) is 0. The van der Waals surface area contributed by atoms with Crippen LogP contribution in [-0.4, -0.2) is 29.2 Å². The predicted molar refractivity (Wildman–Crippen MR) is 131 cm³/mol. The fraction of sp³-hybridized carbons (Fsp3) is 0.111. The number of carbonyl (C=O) groups is 1. The molecular formula is C27H21ClN2O3. The monoisotopic (exact) mass is 456 g/mol. The fourth-order valence-electron chi connectivity index (χ4n) is 4.10. The molecule has 0 atom stereocenters. The Morgan fingerprint density at radius 2 is 1.76 bits per heavy atom. The van der Waals surface area contributed by atoms with E-state index in [1.54, 1.807) is 14.0 Å². The smallest absolute Gasteiger partial charge is 0.355 e. The average molecular weight is 457 g/mol. The van der Waals surface area contributed by atoms with Gasteiger partial charge in [0, 0.05) is 21.7 Å². The third kappa shape index (κ3) is 3.70. The number of ether oxygens (including phenoxy) is 2. The van der Waals surface area contributed by atoms with Gasteiger partial charge in [-0.05, 0) is 61.0 Å². The lowest BCUT2D eigenvalue weighted by Gasteiger charge is -2.21. The van der Waals surface area contributed by atoms with Crippen LogP contribution in [-0.2, 0) is 4.74 Å². The predicted octanol–water partition coefficient (Wildman–Crippen LogP) is 6.64. The molecule has 164 valence electrons. The minimum Gasteiger partial charge on any atom is -0.497 e. The quantitative estimate of drug-likeness (QED) is 0.278. The maximum Gasteiger partial charge on any atom is 0.355 e. The molecule has 0 amide bonds. The molecule has 0 saturated carbocycles. The van der Waals surface area contributed by atoms with Gasteiger partial charge in [-0.25, -0.2) is 9.78 Å². The van der Waals surface area contributed by atoms with Crippen LogP contribution in [0.3, 0.4) is 0 Å². The number of halogens is 1. The molecule has 0 unspecified atom stereocenters. The molecule has 0 spiro atoms. The molecule has 2 heterocycles. The van der Waals surface area contributed by atoms with Gasteiger partial charge in [-0.3, -0.25) is 0 Å². The standard InChI is InChI=1S/C27H21ClN2O3/c1-3-33-27(31)24-16-22(17-7-5-4-6-8-17)25-26(21-14-9-18(28)15-23(21)29-25)30(24)19-10-12-20(32-2)13-11-19/h4-16H,3H2,1-2H3. The Labute approximate surface area is 196 Å². The summed E-state index contributed by atoms with van der Waals surface area (Å²) < 4.78 is 12.7. The first kappa shape index (κ1) is 21.0. The Morgan fingerprint density at radius 3 is 2.45 bits per heavy atom. The van der Waals surface area contributed by atoms with Crippen LogP contribution in [0.5, 0.6) is 5.75 Å². The third-order valence-corrected chi connectivity index (χ3v) is 5.81. The van der Waals surface area contributed by atoms with Crippen molar-refractivity contribution < 1.29 is 14.3 Å². The molecule has 0 saturated heterocycles. The van der Waals surface area contributed by atoms with Crippen molar-refractivity contribution in [2.75, 3.05) is 13.7 Å². The number of hydrogen-bond acceptors (Lipinski definition) is 4. The van der Waals surface area contributed by atoms with Crippen molar-refractivity contribution >= 4 is 28.5 Å². The van der Waals surface area contributed by atoms with Crippen LogP contribution in [0, 0.1) is 0 Å². The van der Waals surface area contributed by atoms with E-state index in [1.165, 1.54) is 0 Å². The number of benzene rings is 3. The second-order valence-electron chi connectivity index (χ2n) is 7.53. The van der Waals surface area contributed by atoms with Gasteiger partial charge in [0.2, 0.25) is 0 Å². The molecule has 6 heteroatoms. The molecule has 33 heavy (non-hydrogen) atoms. The highest BCUT2D eigenvalue weighted by Gasteiger charge is 2.27. The highest BCUT2D eigenvalue weighted by molar-refractivity contribution is 6.31. The van der Waals surface area contributed by atoms with Crippen molar-refractivity contribution in [1.82, 2.24) is 9.55 Å². The summed E-state index contributed by atoms with van der Waals surface area (Å²) in [6.45, 7) is 2.07. The zero-order valence-electron chi connectivity index (χ0n) is 18.2. The summed E-state index contributed by atoms with van der Waals surface area (Å²) in [6, 6.07) is 24.9. The van der Waals surface area contributed by atoms with Gasteiger partial charge < -0.3 is 14.0 Å². The van der Waals surface area contributed by atoms with Crippen molar-refractivity contribution in [3.05, 3.63) is 89.6 Å². The van der Waals surface area contributed by atoms with Crippen LogP contribution in [0.2, 0.25) is 5.02 Å². The first-order valence-electron chi connectivity index (χ1n) is 10.6. The second kappa shape index (κ2) is 8.60. The third-order valence-electron chi connectivity index (χ3n) is 5.57. The van der Waals surface area contributed by atoms with Gasteiger partial charge >= 0.3 is 5.97 Å². The minimum atomic E-state index is -0.407. The molecule has 3 aromatic rings. The van der Waals surface area contributed by atoms with Gasteiger partial charge in [-0.15, -0.1) is 0 Å².